The summed E-state index contributed by atoms with van der Waals surface area (Å²) in [4.78, 5) is 13.8. The fraction of sp³-hybridized carbons (Fsp3) is 0.235. The van der Waals surface area contributed by atoms with Gasteiger partial charge in [-0.3, -0.25) is 9.69 Å². The summed E-state index contributed by atoms with van der Waals surface area (Å²) in [7, 11) is 1.80. The molecule has 0 aliphatic heterocycles. The first-order valence-electron chi connectivity index (χ1n) is 6.97. The highest BCUT2D eigenvalue weighted by atomic mass is 19.1. The summed E-state index contributed by atoms with van der Waals surface area (Å²) in [5.41, 5.74) is 1.34. The van der Waals surface area contributed by atoms with Gasteiger partial charge >= 0.3 is 0 Å². The van der Waals surface area contributed by atoms with Crippen molar-refractivity contribution in [2.75, 3.05) is 18.9 Å². The first-order valence-corrected chi connectivity index (χ1v) is 6.97. The molecule has 1 amide bonds. The summed E-state index contributed by atoms with van der Waals surface area (Å²) in [6, 6.07) is 11.9. The molecule has 116 valence electrons. The van der Waals surface area contributed by atoms with Gasteiger partial charge in [0, 0.05) is 11.7 Å². The molecule has 22 heavy (non-hydrogen) atoms. The standard InChI is InChI=1S/C17H18F2N2O/c1-12(13-6-8-14(18)9-7-13)21(2)11-17(22)20-16-5-3-4-15(19)10-16/h3-10,12H,11H2,1-2H3,(H,20,22). The molecule has 0 heterocycles. The Kier molecular flexibility index (Phi) is 5.22. The number of nitrogens with zero attached hydrogens (tertiary/aromatic N) is 1. The van der Waals surface area contributed by atoms with E-state index in [4.69, 9.17) is 0 Å². The number of carbonyl (C=O) groups excluding carboxylic acids is 1. The minimum Gasteiger partial charge on any atom is -0.325 e. The third kappa shape index (κ3) is 4.36. The van der Waals surface area contributed by atoms with Crippen molar-refractivity contribution < 1.29 is 13.6 Å². The number of anilines is 1. The third-order valence-electron chi connectivity index (χ3n) is 3.51. The zero-order valence-corrected chi connectivity index (χ0v) is 12.5. The average molecular weight is 304 g/mol. The molecule has 2 rings (SSSR count). The van der Waals surface area contributed by atoms with Crippen LogP contribution in [0.3, 0.4) is 0 Å². The molecule has 0 aromatic heterocycles. The van der Waals surface area contributed by atoms with E-state index in [9.17, 15) is 13.6 Å². The van der Waals surface area contributed by atoms with Crippen LogP contribution in [-0.2, 0) is 4.79 Å². The second-order valence-electron chi connectivity index (χ2n) is 5.20. The quantitative estimate of drug-likeness (QED) is 0.915. The van der Waals surface area contributed by atoms with Crippen LogP contribution >= 0.6 is 0 Å². The number of carbonyl (C=O) groups is 1. The molecule has 0 aliphatic carbocycles. The molecular formula is C17H18F2N2O. The number of rotatable bonds is 5. The number of hydrogen-bond acceptors (Lipinski definition) is 2. The van der Waals surface area contributed by atoms with Gasteiger partial charge in [-0.25, -0.2) is 8.78 Å². The van der Waals surface area contributed by atoms with Gasteiger partial charge in [0.15, 0.2) is 0 Å². The lowest BCUT2D eigenvalue weighted by Crippen LogP contribution is -2.32. The van der Waals surface area contributed by atoms with Crippen molar-refractivity contribution in [2.24, 2.45) is 0 Å². The molecular weight excluding hydrogens is 286 g/mol. The monoisotopic (exact) mass is 304 g/mol. The zero-order valence-electron chi connectivity index (χ0n) is 12.5. The van der Waals surface area contributed by atoms with Gasteiger partial charge in [-0.15, -0.1) is 0 Å². The van der Waals surface area contributed by atoms with Crippen LogP contribution in [0.2, 0.25) is 0 Å². The van der Waals surface area contributed by atoms with Crippen LogP contribution in [0, 0.1) is 11.6 Å². The van der Waals surface area contributed by atoms with E-state index in [-0.39, 0.29) is 24.3 Å². The Balaban J connectivity index is 1.94. The number of hydrogen-bond donors (Lipinski definition) is 1. The van der Waals surface area contributed by atoms with Gasteiger partial charge in [-0.2, -0.15) is 0 Å². The Morgan fingerprint density at radius 1 is 1.14 bits per heavy atom. The normalized spacial score (nSPS) is 12.2. The van der Waals surface area contributed by atoms with Crippen LogP contribution in [0.4, 0.5) is 14.5 Å². The Morgan fingerprint density at radius 2 is 1.82 bits per heavy atom. The number of benzene rings is 2. The Bertz CT molecular complexity index is 643. The first-order chi connectivity index (χ1) is 10.5. The summed E-state index contributed by atoms with van der Waals surface area (Å²) in [5, 5.41) is 2.65. The predicted octanol–water partition coefficient (Wildman–Crippen LogP) is 3.60. The number of halogens is 2. The highest BCUT2D eigenvalue weighted by molar-refractivity contribution is 5.92. The van der Waals surface area contributed by atoms with Crippen molar-refractivity contribution in [1.29, 1.82) is 0 Å². The Hall–Kier alpha value is -2.27. The number of nitrogens with one attached hydrogen (secondary N) is 1. The SMILES string of the molecule is CC(c1ccc(F)cc1)N(C)CC(=O)Nc1cccc(F)c1. The Labute approximate surface area is 128 Å². The highest BCUT2D eigenvalue weighted by Crippen LogP contribution is 2.19. The van der Waals surface area contributed by atoms with Crippen molar-refractivity contribution >= 4 is 11.6 Å². The molecule has 2 aromatic rings. The molecule has 5 heteroatoms. The van der Waals surface area contributed by atoms with E-state index in [1.165, 1.54) is 30.3 Å². The molecule has 0 aliphatic rings. The van der Waals surface area contributed by atoms with Crippen LogP contribution < -0.4 is 5.32 Å². The van der Waals surface area contributed by atoms with Crippen molar-refractivity contribution in [3.63, 3.8) is 0 Å². The van der Waals surface area contributed by atoms with Crippen LogP contribution in [0.5, 0.6) is 0 Å². The highest BCUT2D eigenvalue weighted by Gasteiger charge is 2.15. The Morgan fingerprint density at radius 3 is 2.45 bits per heavy atom. The van der Waals surface area contributed by atoms with Crippen LogP contribution in [0.25, 0.3) is 0 Å². The van der Waals surface area contributed by atoms with Gasteiger partial charge in [0.2, 0.25) is 5.91 Å². The first kappa shape index (κ1) is 16.1. The van der Waals surface area contributed by atoms with Crippen LogP contribution in [-0.4, -0.2) is 24.4 Å². The fourth-order valence-corrected chi connectivity index (χ4v) is 2.13. The van der Waals surface area contributed by atoms with Crippen molar-refractivity contribution in [3.05, 3.63) is 65.7 Å². The van der Waals surface area contributed by atoms with Gasteiger partial charge in [0.05, 0.1) is 6.54 Å². The van der Waals surface area contributed by atoms with E-state index in [0.29, 0.717) is 5.69 Å². The minimum absolute atomic E-state index is 0.0427. The average Bonchev–Trinajstić information content (AvgIpc) is 2.47. The molecule has 2 aromatic carbocycles. The third-order valence-corrected chi connectivity index (χ3v) is 3.51. The summed E-state index contributed by atoms with van der Waals surface area (Å²) >= 11 is 0. The van der Waals surface area contributed by atoms with E-state index in [2.05, 4.69) is 5.32 Å². The van der Waals surface area contributed by atoms with E-state index < -0.39 is 5.82 Å². The second kappa shape index (κ2) is 7.13. The molecule has 1 atom stereocenters. The van der Waals surface area contributed by atoms with E-state index in [1.54, 1.807) is 25.2 Å². The molecule has 1 N–H and O–H groups in total. The van der Waals surface area contributed by atoms with E-state index >= 15 is 0 Å². The van der Waals surface area contributed by atoms with E-state index in [0.717, 1.165) is 5.56 Å². The fourth-order valence-electron chi connectivity index (χ4n) is 2.13. The van der Waals surface area contributed by atoms with Crippen molar-refractivity contribution in [1.82, 2.24) is 4.90 Å². The second-order valence-corrected chi connectivity index (χ2v) is 5.20. The number of likely N-dealkylation sites (N-methyl/N-ethyl adjacent to an activating group) is 1. The molecule has 3 nitrogen and oxygen atoms in total. The van der Waals surface area contributed by atoms with Gasteiger partial charge < -0.3 is 5.32 Å². The molecule has 1 unspecified atom stereocenters. The van der Waals surface area contributed by atoms with Crippen molar-refractivity contribution in [2.45, 2.75) is 13.0 Å². The molecule has 0 spiro atoms. The predicted molar refractivity (Wildman–Crippen MR) is 82.5 cm³/mol. The summed E-state index contributed by atoms with van der Waals surface area (Å²) in [5.74, 6) is -0.921. The van der Waals surface area contributed by atoms with Gasteiger partial charge in [-0.05, 0) is 49.9 Å². The summed E-state index contributed by atoms with van der Waals surface area (Å²) in [6.45, 7) is 2.08. The zero-order chi connectivity index (χ0) is 16.1. The minimum atomic E-state index is -0.397. The van der Waals surface area contributed by atoms with Gasteiger partial charge in [0.1, 0.15) is 11.6 Å². The lowest BCUT2D eigenvalue weighted by atomic mass is 10.1. The van der Waals surface area contributed by atoms with E-state index in [1.807, 2.05) is 11.8 Å². The van der Waals surface area contributed by atoms with Crippen molar-refractivity contribution in [3.8, 4) is 0 Å². The van der Waals surface area contributed by atoms with Gasteiger partial charge in [-0.1, -0.05) is 18.2 Å². The topological polar surface area (TPSA) is 32.3 Å². The maximum atomic E-state index is 13.1. The molecule has 0 radical (unpaired) electrons. The smallest absolute Gasteiger partial charge is 0.238 e. The van der Waals surface area contributed by atoms with Gasteiger partial charge in [0.25, 0.3) is 0 Å². The molecule has 0 fully saturated rings. The maximum Gasteiger partial charge on any atom is 0.238 e. The molecule has 0 saturated heterocycles. The summed E-state index contributed by atoms with van der Waals surface area (Å²) < 4.78 is 26.0. The van der Waals surface area contributed by atoms with Crippen LogP contribution in [0.1, 0.15) is 18.5 Å². The summed E-state index contributed by atoms with van der Waals surface area (Å²) in [6.07, 6.45) is 0. The van der Waals surface area contributed by atoms with Crippen LogP contribution in [0.15, 0.2) is 48.5 Å². The molecule has 0 bridgehead atoms. The lowest BCUT2D eigenvalue weighted by Gasteiger charge is -2.24. The maximum absolute atomic E-state index is 13.1. The lowest BCUT2D eigenvalue weighted by molar-refractivity contribution is -0.117. The number of amides is 1. The molecule has 0 saturated carbocycles. The largest absolute Gasteiger partial charge is 0.325 e.